The molecule has 0 radical (unpaired) electrons. The number of amides is 1. The summed E-state index contributed by atoms with van der Waals surface area (Å²) in [4.78, 5) is 17.3. The molecule has 0 aromatic heterocycles. The molecule has 0 aromatic carbocycles. The molecule has 1 atom stereocenters. The van der Waals surface area contributed by atoms with Crippen LogP contribution in [0.2, 0.25) is 0 Å². The Morgan fingerprint density at radius 3 is 2.21 bits per heavy atom. The van der Waals surface area contributed by atoms with Crippen LogP contribution in [0.25, 0.3) is 0 Å². The van der Waals surface area contributed by atoms with Crippen molar-refractivity contribution in [3.05, 3.63) is 0 Å². The zero-order valence-electron chi connectivity index (χ0n) is 12.7. The van der Waals surface area contributed by atoms with Gasteiger partial charge in [0, 0.05) is 26.2 Å². The molecule has 2 fully saturated rings. The third-order valence-electron chi connectivity index (χ3n) is 4.52. The van der Waals surface area contributed by atoms with Crippen molar-refractivity contribution in [1.29, 1.82) is 0 Å². The molecule has 2 aliphatic rings. The minimum absolute atomic E-state index is 0.0885. The molecule has 2 rings (SSSR count). The fourth-order valence-electron chi connectivity index (χ4n) is 3.24. The summed E-state index contributed by atoms with van der Waals surface area (Å²) in [5, 5.41) is 3.32. The largest absolute Gasteiger partial charge is 0.339 e. The van der Waals surface area contributed by atoms with Crippen LogP contribution in [0.4, 0.5) is 0 Å². The summed E-state index contributed by atoms with van der Waals surface area (Å²) in [6.07, 6.45) is 2.47. The molecular weight excluding hydrogens is 238 g/mol. The van der Waals surface area contributed by atoms with Crippen LogP contribution >= 0.6 is 0 Å². The normalized spacial score (nSPS) is 24.7. The van der Waals surface area contributed by atoms with Crippen LogP contribution in [0.15, 0.2) is 0 Å². The summed E-state index contributed by atoms with van der Waals surface area (Å²) in [7, 11) is 0. The molecule has 0 aliphatic carbocycles. The molecule has 0 spiro atoms. The quantitative estimate of drug-likeness (QED) is 0.834. The van der Waals surface area contributed by atoms with Crippen molar-refractivity contribution in [3.63, 3.8) is 0 Å². The molecule has 1 amide bonds. The van der Waals surface area contributed by atoms with Crippen LogP contribution in [-0.2, 0) is 4.79 Å². The highest BCUT2D eigenvalue weighted by molar-refractivity contribution is 5.82. The van der Waals surface area contributed by atoms with Gasteiger partial charge in [-0.25, -0.2) is 0 Å². The fraction of sp³-hybridized carbons (Fsp3) is 0.933. The van der Waals surface area contributed by atoms with Gasteiger partial charge in [0.1, 0.15) is 0 Å². The number of carbonyl (C=O) groups is 1. The number of nitrogens with one attached hydrogen (secondary N) is 1. The molecule has 1 unspecified atom stereocenters. The van der Waals surface area contributed by atoms with E-state index in [1.54, 1.807) is 0 Å². The van der Waals surface area contributed by atoms with E-state index in [0.717, 1.165) is 45.2 Å². The zero-order valence-corrected chi connectivity index (χ0v) is 12.7. The van der Waals surface area contributed by atoms with Gasteiger partial charge in [-0.05, 0) is 37.8 Å². The van der Waals surface area contributed by atoms with E-state index in [4.69, 9.17) is 0 Å². The Bertz CT molecular complexity index is 292. The second kappa shape index (κ2) is 6.71. The number of hydrogen-bond donors (Lipinski definition) is 1. The van der Waals surface area contributed by atoms with Crippen LogP contribution in [-0.4, -0.2) is 61.0 Å². The van der Waals surface area contributed by atoms with E-state index < -0.39 is 0 Å². The fourth-order valence-corrected chi connectivity index (χ4v) is 3.24. The summed E-state index contributed by atoms with van der Waals surface area (Å²) < 4.78 is 0. The van der Waals surface area contributed by atoms with Gasteiger partial charge in [0.15, 0.2) is 0 Å². The Balaban J connectivity index is 2.00. The maximum Gasteiger partial charge on any atom is 0.240 e. The first-order valence-corrected chi connectivity index (χ1v) is 7.83. The number of piperidine rings is 1. The summed E-state index contributed by atoms with van der Waals surface area (Å²) in [5.74, 6) is 1.57. The Hall–Kier alpha value is -0.610. The summed E-state index contributed by atoms with van der Waals surface area (Å²) in [6, 6.07) is 0.0885. The average molecular weight is 267 g/mol. The minimum Gasteiger partial charge on any atom is -0.339 e. The van der Waals surface area contributed by atoms with E-state index in [9.17, 15) is 4.79 Å². The Morgan fingerprint density at radius 1 is 1.11 bits per heavy atom. The second-order valence-electron chi connectivity index (χ2n) is 6.48. The highest BCUT2D eigenvalue weighted by Crippen LogP contribution is 2.22. The number of nitrogens with zero attached hydrogens (tertiary/aromatic N) is 2. The van der Waals surface area contributed by atoms with Crippen molar-refractivity contribution in [2.24, 2.45) is 11.8 Å². The van der Waals surface area contributed by atoms with Gasteiger partial charge in [0.05, 0.1) is 6.04 Å². The maximum absolute atomic E-state index is 12.8. The molecule has 19 heavy (non-hydrogen) atoms. The van der Waals surface area contributed by atoms with E-state index in [1.165, 1.54) is 12.8 Å². The topological polar surface area (TPSA) is 35.6 Å². The lowest BCUT2D eigenvalue weighted by Gasteiger charge is -2.41. The molecule has 2 heterocycles. The van der Waals surface area contributed by atoms with Gasteiger partial charge >= 0.3 is 0 Å². The molecule has 1 N–H and O–H groups in total. The standard InChI is InChI=1S/C15H29N3O/c1-12(2)14(17-8-4-13(3)5-9-17)15(19)18-10-6-16-7-11-18/h12-14,16H,4-11H2,1-3H3. The first kappa shape index (κ1) is 14.8. The van der Waals surface area contributed by atoms with Gasteiger partial charge in [-0.3, -0.25) is 9.69 Å². The van der Waals surface area contributed by atoms with E-state index in [1.807, 2.05) is 0 Å². The monoisotopic (exact) mass is 267 g/mol. The third kappa shape index (κ3) is 3.69. The molecule has 110 valence electrons. The molecular formula is C15H29N3O. The lowest BCUT2D eigenvalue weighted by molar-refractivity contribution is -0.140. The summed E-state index contributed by atoms with van der Waals surface area (Å²) in [6.45, 7) is 12.5. The van der Waals surface area contributed by atoms with Gasteiger partial charge in [-0.15, -0.1) is 0 Å². The van der Waals surface area contributed by atoms with Crippen LogP contribution in [0.3, 0.4) is 0 Å². The van der Waals surface area contributed by atoms with Gasteiger partial charge in [0.2, 0.25) is 5.91 Å². The average Bonchev–Trinajstić information content (AvgIpc) is 2.42. The molecule has 2 saturated heterocycles. The van der Waals surface area contributed by atoms with Crippen molar-refractivity contribution in [2.75, 3.05) is 39.3 Å². The minimum atomic E-state index is 0.0885. The predicted molar refractivity (Wildman–Crippen MR) is 78.0 cm³/mol. The highest BCUT2D eigenvalue weighted by atomic mass is 16.2. The SMILES string of the molecule is CC1CCN(C(C(=O)N2CCNCC2)C(C)C)CC1. The van der Waals surface area contributed by atoms with Gasteiger partial charge in [-0.1, -0.05) is 20.8 Å². The van der Waals surface area contributed by atoms with Gasteiger partial charge in [0.25, 0.3) is 0 Å². The summed E-state index contributed by atoms with van der Waals surface area (Å²) in [5.41, 5.74) is 0. The molecule has 4 heteroatoms. The lowest BCUT2D eigenvalue weighted by Crippen LogP contribution is -2.56. The van der Waals surface area contributed by atoms with E-state index in [0.29, 0.717) is 11.8 Å². The molecule has 4 nitrogen and oxygen atoms in total. The van der Waals surface area contributed by atoms with Crippen LogP contribution in [0.1, 0.15) is 33.6 Å². The highest BCUT2D eigenvalue weighted by Gasteiger charge is 2.34. The number of carbonyl (C=O) groups excluding carboxylic acids is 1. The number of hydrogen-bond acceptors (Lipinski definition) is 3. The Morgan fingerprint density at radius 2 is 1.68 bits per heavy atom. The van der Waals surface area contributed by atoms with E-state index in [2.05, 4.69) is 35.9 Å². The van der Waals surface area contributed by atoms with Crippen LogP contribution in [0, 0.1) is 11.8 Å². The predicted octanol–water partition coefficient (Wildman–Crippen LogP) is 1.17. The van der Waals surface area contributed by atoms with Crippen molar-refractivity contribution in [2.45, 2.75) is 39.7 Å². The van der Waals surface area contributed by atoms with Crippen molar-refractivity contribution in [3.8, 4) is 0 Å². The third-order valence-corrected chi connectivity index (χ3v) is 4.52. The molecule has 0 bridgehead atoms. The van der Waals surface area contributed by atoms with Crippen LogP contribution in [0.5, 0.6) is 0 Å². The Labute approximate surface area is 117 Å². The van der Waals surface area contributed by atoms with Crippen molar-refractivity contribution < 1.29 is 4.79 Å². The maximum atomic E-state index is 12.8. The second-order valence-corrected chi connectivity index (χ2v) is 6.48. The first-order chi connectivity index (χ1) is 9.09. The summed E-state index contributed by atoms with van der Waals surface area (Å²) >= 11 is 0. The lowest BCUT2D eigenvalue weighted by atomic mass is 9.93. The smallest absolute Gasteiger partial charge is 0.240 e. The van der Waals surface area contributed by atoms with Gasteiger partial charge in [-0.2, -0.15) is 0 Å². The first-order valence-electron chi connectivity index (χ1n) is 7.83. The number of piperazine rings is 1. The zero-order chi connectivity index (χ0) is 13.8. The molecule has 0 saturated carbocycles. The molecule has 2 aliphatic heterocycles. The number of likely N-dealkylation sites (tertiary alicyclic amines) is 1. The van der Waals surface area contributed by atoms with Crippen LogP contribution < -0.4 is 5.32 Å². The van der Waals surface area contributed by atoms with Crippen molar-refractivity contribution >= 4 is 5.91 Å². The molecule has 0 aromatic rings. The van der Waals surface area contributed by atoms with E-state index >= 15 is 0 Å². The Kier molecular flexibility index (Phi) is 5.22. The van der Waals surface area contributed by atoms with E-state index in [-0.39, 0.29) is 6.04 Å². The van der Waals surface area contributed by atoms with Crippen molar-refractivity contribution in [1.82, 2.24) is 15.1 Å². The van der Waals surface area contributed by atoms with Gasteiger partial charge < -0.3 is 10.2 Å². The number of rotatable bonds is 3.